The minimum Gasteiger partial charge on any atom is -0.307 e. The molecule has 0 aliphatic heterocycles. The van der Waals surface area contributed by atoms with Crippen LogP contribution in [0, 0.1) is 0 Å². The van der Waals surface area contributed by atoms with Gasteiger partial charge in [-0.1, -0.05) is 59.6 Å². The summed E-state index contributed by atoms with van der Waals surface area (Å²) >= 11 is 11.9. The number of para-hydroxylation sites is 2. The number of rotatable bonds is 3. The summed E-state index contributed by atoms with van der Waals surface area (Å²) in [4.78, 5) is 14.4. The number of carbonyl (C=O) groups is 1. The van der Waals surface area contributed by atoms with Crippen LogP contribution in [0.15, 0.2) is 78.9 Å². The molecule has 2 amide bonds. The minimum absolute atomic E-state index is 0.286. The molecule has 24 heavy (non-hydrogen) atoms. The van der Waals surface area contributed by atoms with Gasteiger partial charge < -0.3 is 5.32 Å². The highest BCUT2D eigenvalue weighted by atomic mass is 35.5. The first kappa shape index (κ1) is 16.4. The summed E-state index contributed by atoms with van der Waals surface area (Å²) in [5.41, 5.74) is 2.11. The molecule has 0 bridgehead atoms. The van der Waals surface area contributed by atoms with Crippen molar-refractivity contribution < 1.29 is 4.79 Å². The van der Waals surface area contributed by atoms with Crippen LogP contribution in [0.3, 0.4) is 0 Å². The van der Waals surface area contributed by atoms with E-state index in [0.717, 1.165) is 11.4 Å². The maximum absolute atomic E-state index is 12.8. The van der Waals surface area contributed by atoms with E-state index in [1.54, 1.807) is 23.1 Å². The first-order valence-corrected chi connectivity index (χ1v) is 8.07. The Bertz CT molecular complexity index is 799. The molecule has 0 aromatic heterocycles. The highest BCUT2D eigenvalue weighted by Gasteiger charge is 2.18. The fourth-order valence-electron chi connectivity index (χ4n) is 2.29. The Morgan fingerprint density at radius 1 is 0.750 bits per heavy atom. The molecule has 0 radical (unpaired) electrons. The Morgan fingerprint density at radius 2 is 1.29 bits per heavy atom. The Balaban J connectivity index is 1.93. The second-order valence-corrected chi connectivity index (χ2v) is 5.88. The molecule has 120 valence electrons. The van der Waals surface area contributed by atoms with Gasteiger partial charge in [0.15, 0.2) is 0 Å². The first-order chi connectivity index (χ1) is 11.6. The molecule has 0 aliphatic rings. The van der Waals surface area contributed by atoms with Crippen molar-refractivity contribution in [2.45, 2.75) is 0 Å². The number of hydrogen-bond donors (Lipinski definition) is 1. The lowest BCUT2D eigenvalue weighted by Gasteiger charge is -2.23. The average Bonchev–Trinajstić information content (AvgIpc) is 2.60. The van der Waals surface area contributed by atoms with Gasteiger partial charge in [0, 0.05) is 5.69 Å². The summed E-state index contributed by atoms with van der Waals surface area (Å²) in [5, 5.41) is 3.68. The summed E-state index contributed by atoms with van der Waals surface area (Å²) in [6.07, 6.45) is 0. The summed E-state index contributed by atoms with van der Waals surface area (Å²) in [6.45, 7) is 0. The lowest BCUT2D eigenvalue weighted by Crippen LogP contribution is -2.30. The molecule has 3 aromatic rings. The fourth-order valence-corrected chi connectivity index (χ4v) is 2.59. The topological polar surface area (TPSA) is 32.3 Å². The lowest BCUT2D eigenvalue weighted by molar-refractivity contribution is 0.259. The molecule has 0 saturated carbocycles. The number of benzene rings is 3. The van der Waals surface area contributed by atoms with E-state index in [4.69, 9.17) is 23.2 Å². The smallest absolute Gasteiger partial charge is 0.307 e. The molecule has 0 saturated heterocycles. The number of halogens is 2. The van der Waals surface area contributed by atoms with Gasteiger partial charge in [0.25, 0.3) is 0 Å². The monoisotopic (exact) mass is 356 g/mol. The van der Waals surface area contributed by atoms with Crippen molar-refractivity contribution in [2.24, 2.45) is 0 Å². The highest BCUT2D eigenvalue weighted by molar-refractivity contribution is 6.42. The SMILES string of the molecule is O=C(Nc1ccc(Cl)c(Cl)c1)N(c1ccccc1)c1ccccc1. The second kappa shape index (κ2) is 7.39. The number of amides is 2. The van der Waals surface area contributed by atoms with Crippen LogP contribution in [-0.2, 0) is 0 Å². The van der Waals surface area contributed by atoms with Crippen LogP contribution in [0.25, 0.3) is 0 Å². The van der Waals surface area contributed by atoms with Crippen LogP contribution in [0.2, 0.25) is 10.0 Å². The first-order valence-electron chi connectivity index (χ1n) is 7.31. The molecule has 0 aliphatic carbocycles. The van der Waals surface area contributed by atoms with Gasteiger partial charge in [-0.25, -0.2) is 4.79 Å². The van der Waals surface area contributed by atoms with E-state index in [1.807, 2.05) is 60.7 Å². The maximum Gasteiger partial charge on any atom is 0.330 e. The summed E-state index contributed by atoms with van der Waals surface area (Å²) in [6, 6.07) is 23.6. The quantitative estimate of drug-likeness (QED) is 0.581. The normalized spacial score (nSPS) is 10.2. The van der Waals surface area contributed by atoms with E-state index in [1.165, 1.54) is 0 Å². The van der Waals surface area contributed by atoms with Crippen molar-refractivity contribution in [3.63, 3.8) is 0 Å². The van der Waals surface area contributed by atoms with Gasteiger partial charge in [0.2, 0.25) is 0 Å². The summed E-state index contributed by atoms with van der Waals surface area (Å²) in [5.74, 6) is 0. The molecule has 0 atom stereocenters. The van der Waals surface area contributed by atoms with E-state index < -0.39 is 0 Å². The van der Waals surface area contributed by atoms with Gasteiger partial charge >= 0.3 is 6.03 Å². The van der Waals surface area contributed by atoms with Gasteiger partial charge in [-0.05, 0) is 42.5 Å². The summed E-state index contributed by atoms with van der Waals surface area (Å²) < 4.78 is 0. The van der Waals surface area contributed by atoms with Crippen LogP contribution in [0.4, 0.5) is 21.9 Å². The predicted molar refractivity (Wildman–Crippen MR) is 101 cm³/mol. The number of nitrogens with one attached hydrogen (secondary N) is 1. The molecular weight excluding hydrogens is 343 g/mol. The van der Waals surface area contributed by atoms with E-state index in [0.29, 0.717) is 15.7 Å². The zero-order valence-electron chi connectivity index (χ0n) is 12.6. The Morgan fingerprint density at radius 3 is 1.79 bits per heavy atom. The highest BCUT2D eigenvalue weighted by Crippen LogP contribution is 2.28. The van der Waals surface area contributed by atoms with Crippen LogP contribution >= 0.6 is 23.2 Å². The van der Waals surface area contributed by atoms with Crippen LogP contribution < -0.4 is 10.2 Å². The molecule has 0 fully saturated rings. The van der Waals surface area contributed by atoms with E-state index in [9.17, 15) is 4.79 Å². The third kappa shape index (κ3) is 3.70. The zero-order valence-corrected chi connectivity index (χ0v) is 14.1. The second-order valence-electron chi connectivity index (χ2n) is 5.07. The predicted octanol–water partition coefficient (Wildman–Crippen LogP) is 6.36. The fraction of sp³-hybridized carbons (Fsp3) is 0. The minimum atomic E-state index is -0.286. The number of carbonyl (C=O) groups excluding carboxylic acids is 1. The lowest BCUT2D eigenvalue weighted by atomic mass is 10.2. The van der Waals surface area contributed by atoms with Gasteiger partial charge in [-0.3, -0.25) is 4.90 Å². The number of hydrogen-bond acceptors (Lipinski definition) is 1. The Labute approximate surface area is 150 Å². The van der Waals surface area contributed by atoms with Crippen molar-refractivity contribution in [2.75, 3.05) is 10.2 Å². The van der Waals surface area contributed by atoms with Crippen molar-refractivity contribution in [1.29, 1.82) is 0 Å². The van der Waals surface area contributed by atoms with Crippen LogP contribution in [0.1, 0.15) is 0 Å². The van der Waals surface area contributed by atoms with Crippen molar-refractivity contribution >= 4 is 46.3 Å². The van der Waals surface area contributed by atoms with Crippen LogP contribution in [0.5, 0.6) is 0 Å². The van der Waals surface area contributed by atoms with E-state index >= 15 is 0 Å². The Hall–Kier alpha value is -2.49. The van der Waals surface area contributed by atoms with Crippen LogP contribution in [-0.4, -0.2) is 6.03 Å². The Kier molecular flexibility index (Phi) is 5.04. The molecule has 3 nitrogen and oxygen atoms in total. The molecule has 0 unspecified atom stereocenters. The van der Waals surface area contributed by atoms with Gasteiger partial charge in [0.1, 0.15) is 0 Å². The molecule has 3 rings (SSSR count). The summed E-state index contributed by atoms with van der Waals surface area (Å²) in [7, 11) is 0. The third-order valence-electron chi connectivity index (χ3n) is 3.40. The van der Waals surface area contributed by atoms with Gasteiger partial charge in [0.05, 0.1) is 21.4 Å². The van der Waals surface area contributed by atoms with E-state index in [2.05, 4.69) is 5.32 Å². The molecule has 1 N–H and O–H groups in total. The molecule has 0 heterocycles. The van der Waals surface area contributed by atoms with Crippen molar-refractivity contribution in [3.05, 3.63) is 88.9 Å². The molecular formula is C19H14Cl2N2O. The third-order valence-corrected chi connectivity index (χ3v) is 4.14. The van der Waals surface area contributed by atoms with Crippen molar-refractivity contribution in [1.82, 2.24) is 0 Å². The molecule has 0 spiro atoms. The number of urea groups is 1. The zero-order chi connectivity index (χ0) is 16.9. The average molecular weight is 357 g/mol. The van der Waals surface area contributed by atoms with Gasteiger partial charge in [-0.15, -0.1) is 0 Å². The molecule has 5 heteroatoms. The standard InChI is InChI=1S/C19H14Cl2N2O/c20-17-12-11-14(13-18(17)21)22-19(24)23(15-7-3-1-4-8-15)16-9-5-2-6-10-16/h1-13H,(H,22,24). The maximum atomic E-state index is 12.8. The number of anilines is 3. The number of nitrogens with zero attached hydrogens (tertiary/aromatic N) is 1. The van der Waals surface area contributed by atoms with Crippen molar-refractivity contribution in [3.8, 4) is 0 Å². The molecule has 3 aromatic carbocycles. The van der Waals surface area contributed by atoms with E-state index in [-0.39, 0.29) is 6.03 Å². The largest absolute Gasteiger partial charge is 0.330 e. The van der Waals surface area contributed by atoms with Gasteiger partial charge in [-0.2, -0.15) is 0 Å².